The Morgan fingerprint density at radius 2 is 1.33 bits per heavy atom. The van der Waals surface area contributed by atoms with E-state index in [1.54, 1.807) is 12.1 Å². The predicted octanol–water partition coefficient (Wildman–Crippen LogP) is 4.98. The van der Waals surface area contributed by atoms with Crippen molar-refractivity contribution in [1.29, 1.82) is 0 Å². The smallest absolute Gasteiger partial charge is 0.336 e. The summed E-state index contributed by atoms with van der Waals surface area (Å²) in [5, 5.41) is 12.2. The van der Waals surface area contributed by atoms with Crippen LogP contribution in [0.1, 0.15) is 25.6 Å². The number of aromatic carboxylic acids is 1. The van der Waals surface area contributed by atoms with Crippen molar-refractivity contribution in [3.05, 3.63) is 82.7 Å². The van der Waals surface area contributed by atoms with Gasteiger partial charge >= 0.3 is 5.97 Å². The molecule has 4 aromatic rings. The molecule has 0 fully saturated rings. The van der Waals surface area contributed by atoms with Gasteiger partial charge in [-0.05, 0) is 40.4 Å². The number of hydrogen-bond acceptors (Lipinski definition) is 3. The molecule has 0 radical (unpaired) electrons. The molecule has 1 N–H and O–H groups in total. The summed E-state index contributed by atoms with van der Waals surface area (Å²) in [4.78, 5) is 25.1. The van der Waals surface area contributed by atoms with Crippen LogP contribution in [0.15, 0.2) is 66.7 Å². The van der Waals surface area contributed by atoms with Crippen molar-refractivity contribution < 1.29 is 14.7 Å². The van der Waals surface area contributed by atoms with Crippen LogP contribution >= 0.6 is 11.3 Å². The van der Waals surface area contributed by atoms with Crippen LogP contribution in [0.25, 0.3) is 20.9 Å². The van der Waals surface area contributed by atoms with Crippen molar-refractivity contribution in [2.45, 2.75) is 0 Å². The Kier molecular flexibility index (Phi) is 3.40. The average molecular weight is 332 g/mol. The van der Waals surface area contributed by atoms with Crippen LogP contribution in [-0.2, 0) is 0 Å². The third-order valence-corrected chi connectivity index (χ3v) is 5.13. The summed E-state index contributed by atoms with van der Waals surface area (Å²) in [5.74, 6) is -1.34. The fraction of sp³-hybridized carbons (Fsp3) is 0. The second kappa shape index (κ2) is 5.58. The van der Waals surface area contributed by atoms with Gasteiger partial charge in [-0.1, -0.05) is 42.5 Å². The second-order valence-electron chi connectivity index (χ2n) is 5.53. The first-order chi connectivity index (χ1) is 11.6. The van der Waals surface area contributed by atoms with E-state index in [0.717, 1.165) is 20.9 Å². The molecule has 1 heterocycles. The lowest BCUT2D eigenvalue weighted by Gasteiger charge is -2.07. The number of rotatable bonds is 3. The van der Waals surface area contributed by atoms with Gasteiger partial charge < -0.3 is 5.11 Å². The maximum absolute atomic E-state index is 12.9. The number of fused-ring (bicyclic) bond motifs is 2. The summed E-state index contributed by atoms with van der Waals surface area (Å²) in [5.41, 5.74) is 0.268. The monoisotopic (exact) mass is 332 g/mol. The Morgan fingerprint density at radius 1 is 0.750 bits per heavy atom. The van der Waals surface area contributed by atoms with Gasteiger partial charge in [0.05, 0.1) is 10.4 Å². The first kappa shape index (κ1) is 14.6. The number of carbonyl (C=O) groups is 2. The summed E-state index contributed by atoms with van der Waals surface area (Å²) >= 11 is 1.38. The van der Waals surface area contributed by atoms with E-state index in [0.29, 0.717) is 4.88 Å². The molecule has 0 unspecified atom stereocenters. The molecule has 116 valence electrons. The Labute approximate surface area is 141 Å². The van der Waals surface area contributed by atoms with Crippen molar-refractivity contribution in [3.8, 4) is 0 Å². The molecule has 0 bridgehead atoms. The molecule has 0 saturated carbocycles. The van der Waals surface area contributed by atoms with Gasteiger partial charge in [-0.25, -0.2) is 4.79 Å². The van der Waals surface area contributed by atoms with Gasteiger partial charge in [0.1, 0.15) is 0 Å². The van der Waals surface area contributed by atoms with Crippen molar-refractivity contribution in [2.24, 2.45) is 0 Å². The molecule has 24 heavy (non-hydrogen) atoms. The maximum Gasteiger partial charge on any atom is 0.336 e. The van der Waals surface area contributed by atoms with E-state index in [1.807, 2.05) is 54.6 Å². The highest BCUT2D eigenvalue weighted by Gasteiger charge is 2.20. The summed E-state index contributed by atoms with van der Waals surface area (Å²) in [6, 6.07) is 20.2. The number of hydrogen-bond donors (Lipinski definition) is 1. The lowest BCUT2D eigenvalue weighted by atomic mass is 9.97. The van der Waals surface area contributed by atoms with Crippen molar-refractivity contribution >= 4 is 43.9 Å². The Bertz CT molecular complexity index is 1080. The van der Waals surface area contributed by atoms with Crippen LogP contribution in [0.5, 0.6) is 0 Å². The molecule has 0 aliphatic carbocycles. The lowest BCUT2D eigenvalue weighted by molar-refractivity contribution is 0.0693. The van der Waals surface area contributed by atoms with Crippen molar-refractivity contribution in [2.75, 3.05) is 0 Å². The van der Waals surface area contributed by atoms with Gasteiger partial charge in [-0.2, -0.15) is 0 Å². The van der Waals surface area contributed by atoms with Gasteiger partial charge in [0, 0.05) is 10.3 Å². The zero-order valence-corrected chi connectivity index (χ0v) is 13.3. The third kappa shape index (κ3) is 2.37. The quantitative estimate of drug-likeness (QED) is 0.538. The van der Waals surface area contributed by atoms with Crippen molar-refractivity contribution in [3.63, 3.8) is 0 Å². The van der Waals surface area contributed by atoms with Crippen LogP contribution in [0.4, 0.5) is 0 Å². The SMILES string of the molecule is O=C(O)c1cc2ccccc2cc1C(=O)c1cc2ccccc2s1. The molecule has 0 aliphatic rings. The van der Waals surface area contributed by atoms with Gasteiger partial charge in [0.25, 0.3) is 0 Å². The number of benzene rings is 3. The van der Waals surface area contributed by atoms with Gasteiger partial charge in [0.2, 0.25) is 5.78 Å². The van der Waals surface area contributed by atoms with E-state index in [9.17, 15) is 14.7 Å². The lowest BCUT2D eigenvalue weighted by Crippen LogP contribution is -2.08. The average Bonchev–Trinajstić information content (AvgIpc) is 3.04. The first-order valence-corrected chi connectivity index (χ1v) is 8.24. The van der Waals surface area contributed by atoms with E-state index in [-0.39, 0.29) is 16.9 Å². The van der Waals surface area contributed by atoms with Gasteiger partial charge in [-0.3, -0.25) is 4.79 Å². The van der Waals surface area contributed by atoms with E-state index in [1.165, 1.54) is 11.3 Å². The summed E-state index contributed by atoms with van der Waals surface area (Å²) in [6.45, 7) is 0. The Hall–Kier alpha value is -2.98. The molecular formula is C20H12O3S. The summed E-state index contributed by atoms with van der Waals surface area (Å²) in [6.07, 6.45) is 0. The van der Waals surface area contributed by atoms with Crippen LogP contribution in [-0.4, -0.2) is 16.9 Å². The van der Waals surface area contributed by atoms with Gasteiger partial charge in [0.15, 0.2) is 0 Å². The standard InChI is InChI=1S/C20H12O3S/c21-19(18-11-14-7-3-4-8-17(14)24-18)15-9-12-5-1-2-6-13(12)10-16(15)20(22)23/h1-11H,(H,22,23). The molecule has 4 rings (SSSR count). The minimum absolute atomic E-state index is 0.0381. The summed E-state index contributed by atoms with van der Waals surface area (Å²) in [7, 11) is 0. The first-order valence-electron chi connectivity index (χ1n) is 7.43. The Balaban J connectivity index is 1.91. The number of carboxylic acids is 1. The van der Waals surface area contributed by atoms with Gasteiger partial charge in [-0.15, -0.1) is 11.3 Å². The zero-order chi connectivity index (χ0) is 16.7. The normalized spacial score (nSPS) is 11.0. The molecular weight excluding hydrogens is 320 g/mol. The molecule has 0 amide bonds. The highest BCUT2D eigenvalue weighted by molar-refractivity contribution is 7.21. The Morgan fingerprint density at radius 3 is 1.96 bits per heavy atom. The van der Waals surface area contributed by atoms with E-state index in [2.05, 4.69) is 0 Å². The molecule has 1 aromatic heterocycles. The van der Waals surface area contributed by atoms with Crippen molar-refractivity contribution in [1.82, 2.24) is 0 Å². The largest absolute Gasteiger partial charge is 0.478 e. The number of carboxylic acid groups (broad SMARTS) is 1. The maximum atomic E-state index is 12.9. The molecule has 0 atom stereocenters. The highest BCUT2D eigenvalue weighted by atomic mass is 32.1. The van der Waals surface area contributed by atoms with E-state index >= 15 is 0 Å². The van der Waals surface area contributed by atoms with E-state index in [4.69, 9.17) is 0 Å². The minimum atomic E-state index is -1.09. The van der Waals surface area contributed by atoms with Crippen LogP contribution in [0.2, 0.25) is 0 Å². The molecule has 4 heteroatoms. The molecule has 3 nitrogen and oxygen atoms in total. The topological polar surface area (TPSA) is 54.4 Å². The minimum Gasteiger partial charge on any atom is -0.478 e. The number of thiophene rings is 1. The molecule has 0 spiro atoms. The summed E-state index contributed by atoms with van der Waals surface area (Å²) < 4.78 is 1.01. The fourth-order valence-corrected chi connectivity index (χ4v) is 3.85. The van der Waals surface area contributed by atoms with Crippen LogP contribution < -0.4 is 0 Å². The molecule has 0 saturated heterocycles. The molecule has 0 aliphatic heterocycles. The van der Waals surface area contributed by atoms with E-state index < -0.39 is 5.97 Å². The second-order valence-corrected chi connectivity index (χ2v) is 6.61. The third-order valence-electron chi connectivity index (χ3n) is 4.01. The van der Waals surface area contributed by atoms with Crippen LogP contribution in [0, 0.1) is 0 Å². The number of carbonyl (C=O) groups excluding carboxylic acids is 1. The van der Waals surface area contributed by atoms with Crippen LogP contribution in [0.3, 0.4) is 0 Å². The fourth-order valence-electron chi connectivity index (χ4n) is 2.83. The zero-order valence-electron chi connectivity index (χ0n) is 12.5. The highest BCUT2D eigenvalue weighted by Crippen LogP contribution is 2.29. The number of ketones is 1. The predicted molar refractivity (Wildman–Crippen MR) is 96.2 cm³/mol. The molecule has 3 aromatic carbocycles.